The Bertz CT molecular complexity index is 432. The summed E-state index contributed by atoms with van der Waals surface area (Å²) in [6.07, 6.45) is 1.83. The molecule has 0 radical (unpaired) electrons. The smallest absolute Gasteiger partial charge is 0.0227 e. The molecule has 0 amide bonds. The number of hydrogen-bond acceptors (Lipinski definition) is 1. The molecule has 2 aromatic carbocycles. The average molecular weight is 239 g/mol. The first-order valence-corrected chi connectivity index (χ1v) is 6.08. The molecule has 0 N–H and O–H groups in total. The molecule has 0 aliphatic heterocycles. The van der Waals surface area contributed by atoms with E-state index in [-0.39, 0.29) is 0 Å². The highest BCUT2D eigenvalue weighted by molar-refractivity contribution is 5.45. The Morgan fingerprint density at radius 1 is 0.889 bits per heavy atom. The molecule has 0 atom stereocenters. The molecule has 2 aromatic rings. The lowest BCUT2D eigenvalue weighted by molar-refractivity contribution is 0.402. The summed E-state index contributed by atoms with van der Waals surface area (Å²) < 4.78 is 0. The summed E-state index contributed by atoms with van der Waals surface area (Å²) in [5.41, 5.74) is 2.54. The van der Waals surface area contributed by atoms with Crippen LogP contribution in [0, 0.1) is 0 Å². The molecule has 0 unspecified atom stereocenters. The molecule has 0 fully saturated rings. The Kier molecular flexibility index (Phi) is 6.52. The van der Waals surface area contributed by atoms with Crippen LogP contribution in [0.5, 0.6) is 0 Å². The van der Waals surface area contributed by atoms with Gasteiger partial charge in [0, 0.05) is 6.54 Å². The summed E-state index contributed by atoms with van der Waals surface area (Å²) in [5, 5.41) is 0. The molecular weight excluding hydrogens is 218 g/mol. The molecule has 0 aromatic heterocycles. The fourth-order valence-electron chi connectivity index (χ4n) is 1.54. The summed E-state index contributed by atoms with van der Waals surface area (Å²) in [7, 11) is 4.15. The van der Waals surface area contributed by atoms with E-state index in [9.17, 15) is 0 Å². The highest BCUT2D eigenvalue weighted by Gasteiger charge is 1.90. The Balaban J connectivity index is 0.000000184. The molecule has 1 heteroatoms. The second-order valence-electron chi connectivity index (χ2n) is 4.34. The van der Waals surface area contributed by atoms with Gasteiger partial charge in [-0.15, -0.1) is 0 Å². The molecule has 0 aliphatic carbocycles. The van der Waals surface area contributed by atoms with Crippen molar-refractivity contribution in [3.8, 4) is 0 Å². The average Bonchev–Trinajstić information content (AvgIpc) is 2.41. The first-order chi connectivity index (χ1) is 8.72. The Labute approximate surface area is 110 Å². The van der Waals surface area contributed by atoms with Gasteiger partial charge >= 0.3 is 0 Å². The molecule has 0 aliphatic rings. The number of hydrogen-bond donors (Lipinski definition) is 0. The molecule has 0 saturated heterocycles. The maximum atomic E-state index is 3.63. The van der Waals surface area contributed by atoms with Crippen LogP contribution >= 0.6 is 0 Å². The topological polar surface area (TPSA) is 3.24 Å². The molecule has 0 spiro atoms. The van der Waals surface area contributed by atoms with E-state index >= 15 is 0 Å². The molecule has 1 nitrogen and oxygen atoms in total. The van der Waals surface area contributed by atoms with Gasteiger partial charge in [-0.05, 0) is 25.2 Å². The fraction of sp³-hybridized carbons (Fsp3) is 0.176. The van der Waals surface area contributed by atoms with Crippen molar-refractivity contribution in [1.29, 1.82) is 0 Å². The van der Waals surface area contributed by atoms with Crippen LogP contribution in [0.15, 0.2) is 67.2 Å². The summed E-state index contributed by atoms with van der Waals surface area (Å²) in [6, 6.07) is 20.5. The molecule has 94 valence electrons. The molecule has 18 heavy (non-hydrogen) atoms. The van der Waals surface area contributed by atoms with Crippen LogP contribution in [-0.4, -0.2) is 19.0 Å². The van der Waals surface area contributed by atoms with Gasteiger partial charge in [-0.25, -0.2) is 0 Å². The van der Waals surface area contributed by atoms with Crippen molar-refractivity contribution in [2.24, 2.45) is 0 Å². The lowest BCUT2D eigenvalue weighted by Gasteiger charge is -2.08. The van der Waals surface area contributed by atoms with E-state index in [1.54, 1.807) is 0 Å². The quantitative estimate of drug-likeness (QED) is 0.780. The Morgan fingerprint density at radius 2 is 1.39 bits per heavy atom. The van der Waals surface area contributed by atoms with Crippen molar-refractivity contribution < 1.29 is 0 Å². The van der Waals surface area contributed by atoms with Crippen molar-refractivity contribution >= 4 is 6.08 Å². The fourth-order valence-corrected chi connectivity index (χ4v) is 1.54. The van der Waals surface area contributed by atoms with Gasteiger partial charge < -0.3 is 4.90 Å². The van der Waals surface area contributed by atoms with Crippen molar-refractivity contribution in [2.45, 2.75) is 6.54 Å². The largest absolute Gasteiger partial charge is 0.305 e. The predicted octanol–water partition coefficient (Wildman–Crippen LogP) is 4.08. The lowest BCUT2D eigenvalue weighted by Crippen LogP contribution is -2.10. The third kappa shape index (κ3) is 6.02. The van der Waals surface area contributed by atoms with Gasteiger partial charge in [-0.1, -0.05) is 73.3 Å². The zero-order valence-electron chi connectivity index (χ0n) is 11.2. The second-order valence-corrected chi connectivity index (χ2v) is 4.34. The van der Waals surface area contributed by atoms with E-state index in [2.05, 4.69) is 49.8 Å². The van der Waals surface area contributed by atoms with Crippen molar-refractivity contribution in [2.75, 3.05) is 14.1 Å². The minimum atomic E-state index is 1.03. The standard InChI is InChI=1S/C9H13N.C8H8/c1-10(2)8-9-6-4-3-5-7-9;1-2-8-6-4-3-5-7-8/h3-7H,8H2,1-2H3;2-7H,1H2. The van der Waals surface area contributed by atoms with Crippen molar-refractivity contribution in [1.82, 2.24) is 4.90 Å². The lowest BCUT2D eigenvalue weighted by atomic mass is 10.2. The van der Waals surface area contributed by atoms with Crippen molar-refractivity contribution in [3.05, 3.63) is 78.4 Å². The van der Waals surface area contributed by atoms with E-state index in [1.165, 1.54) is 11.1 Å². The van der Waals surface area contributed by atoms with Gasteiger partial charge in [0.2, 0.25) is 0 Å². The summed E-state index contributed by atoms with van der Waals surface area (Å²) in [6.45, 7) is 4.66. The minimum absolute atomic E-state index is 1.03. The minimum Gasteiger partial charge on any atom is -0.305 e. The van der Waals surface area contributed by atoms with Crippen LogP contribution in [-0.2, 0) is 6.54 Å². The van der Waals surface area contributed by atoms with Crippen LogP contribution in [0.2, 0.25) is 0 Å². The van der Waals surface area contributed by atoms with Gasteiger partial charge in [-0.2, -0.15) is 0 Å². The van der Waals surface area contributed by atoms with Crippen LogP contribution < -0.4 is 0 Å². The van der Waals surface area contributed by atoms with Gasteiger partial charge in [0.15, 0.2) is 0 Å². The highest BCUT2D eigenvalue weighted by Crippen LogP contribution is 1.99. The van der Waals surface area contributed by atoms with Gasteiger partial charge in [0.25, 0.3) is 0 Å². The van der Waals surface area contributed by atoms with Gasteiger partial charge in [0.1, 0.15) is 0 Å². The molecule has 0 saturated carbocycles. The van der Waals surface area contributed by atoms with E-state index < -0.39 is 0 Å². The first kappa shape index (κ1) is 14.2. The maximum absolute atomic E-state index is 3.63. The van der Waals surface area contributed by atoms with Crippen LogP contribution in [0.4, 0.5) is 0 Å². The third-order valence-corrected chi connectivity index (χ3v) is 2.38. The monoisotopic (exact) mass is 239 g/mol. The predicted molar refractivity (Wildman–Crippen MR) is 80.4 cm³/mol. The zero-order valence-corrected chi connectivity index (χ0v) is 11.2. The number of benzene rings is 2. The SMILES string of the molecule is C=Cc1ccccc1.CN(C)Cc1ccccc1. The number of rotatable bonds is 3. The summed E-state index contributed by atoms with van der Waals surface area (Å²) >= 11 is 0. The Hall–Kier alpha value is -1.86. The first-order valence-electron chi connectivity index (χ1n) is 6.08. The van der Waals surface area contributed by atoms with Gasteiger partial charge in [-0.3, -0.25) is 0 Å². The van der Waals surface area contributed by atoms with Crippen LogP contribution in [0.1, 0.15) is 11.1 Å². The number of nitrogens with zero attached hydrogens (tertiary/aromatic N) is 1. The Morgan fingerprint density at radius 3 is 1.78 bits per heavy atom. The van der Waals surface area contributed by atoms with Gasteiger partial charge in [0.05, 0.1) is 0 Å². The molecule has 0 heterocycles. The second kappa shape index (κ2) is 8.26. The summed E-state index contributed by atoms with van der Waals surface area (Å²) in [5.74, 6) is 0. The zero-order chi connectivity index (χ0) is 13.2. The summed E-state index contributed by atoms with van der Waals surface area (Å²) in [4.78, 5) is 2.16. The normalized spacial score (nSPS) is 9.50. The van der Waals surface area contributed by atoms with E-state index in [1.807, 2.05) is 42.5 Å². The molecule has 0 bridgehead atoms. The van der Waals surface area contributed by atoms with E-state index in [0.717, 1.165) is 6.54 Å². The highest BCUT2D eigenvalue weighted by atomic mass is 15.0. The molecule has 2 rings (SSSR count). The van der Waals surface area contributed by atoms with E-state index in [0.29, 0.717) is 0 Å². The van der Waals surface area contributed by atoms with E-state index in [4.69, 9.17) is 0 Å². The maximum Gasteiger partial charge on any atom is 0.0227 e. The van der Waals surface area contributed by atoms with Crippen molar-refractivity contribution in [3.63, 3.8) is 0 Å². The molecular formula is C17H21N. The van der Waals surface area contributed by atoms with Crippen LogP contribution in [0.25, 0.3) is 6.08 Å². The van der Waals surface area contributed by atoms with Crippen LogP contribution in [0.3, 0.4) is 0 Å². The third-order valence-electron chi connectivity index (χ3n) is 2.38.